The number of nitrogens with zero attached hydrogens (tertiary/aromatic N) is 1. The SMILES string of the molecule is C.CCCc1ccc(S(=O)(=O)C2(C(=O)NO)CCN(C)CC2)cc1.CCCc1ccc(S(=O)(=O)C2(C(=O)NO)CCOCC2)cc1. The number of sulfone groups is 2. The number of piperidine rings is 1. The van der Waals surface area contributed by atoms with Crippen LogP contribution in [0.4, 0.5) is 0 Å². The highest BCUT2D eigenvalue weighted by molar-refractivity contribution is 7.94. The van der Waals surface area contributed by atoms with Crippen LogP contribution in [-0.2, 0) is 46.8 Å². The summed E-state index contributed by atoms with van der Waals surface area (Å²) in [4.78, 5) is 26.5. The molecule has 12 nitrogen and oxygen atoms in total. The normalized spacial score (nSPS) is 17.8. The first-order valence-electron chi connectivity index (χ1n) is 15.2. The summed E-state index contributed by atoms with van der Waals surface area (Å²) in [5, 5.41) is 18.0. The van der Waals surface area contributed by atoms with E-state index in [1.807, 2.05) is 18.9 Å². The minimum absolute atomic E-state index is 0. The number of rotatable bonds is 10. The van der Waals surface area contributed by atoms with E-state index in [9.17, 15) is 26.4 Å². The van der Waals surface area contributed by atoms with Gasteiger partial charge in [-0.1, -0.05) is 58.4 Å². The smallest absolute Gasteiger partial charge is 0.265 e. The van der Waals surface area contributed by atoms with Crippen molar-refractivity contribution in [2.45, 2.75) is 91.9 Å². The van der Waals surface area contributed by atoms with Crippen molar-refractivity contribution in [3.63, 3.8) is 0 Å². The third kappa shape index (κ3) is 7.97. The minimum Gasteiger partial charge on any atom is -0.381 e. The minimum atomic E-state index is -3.92. The molecule has 0 spiro atoms. The Morgan fingerprint density at radius 2 is 1.07 bits per heavy atom. The third-order valence-electron chi connectivity index (χ3n) is 8.70. The van der Waals surface area contributed by atoms with Crippen molar-refractivity contribution in [2.75, 3.05) is 33.4 Å². The molecule has 46 heavy (non-hydrogen) atoms. The van der Waals surface area contributed by atoms with Crippen LogP contribution in [0.2, 0.25) is 0 Å². The Balaban J connectivity index is 0.000000314. The molecule has 0 aromatic heterocycles. The monoisotopic (exact) mass is 683 g/mol. The molecule has 0 atom stereocenters. The van der Waals surface area contributed by atoms with Crippen molar-refractivity contribution in [1.29, 1.82) is 0 Å². The van der Waals surface area contributed by atoms with Gasteiger partial charge >= 0.3 is 0 Å². The molecule has 4 N–H and O–H groups in total. The van der Waals surface area contributed by atoms with E-state index in [0.717, 1.165) is 36.8 Å². The quantitative estimate of drug-likeness (QED) is 0.214. The van der Waals surface area contributed by atoms with Crippen molar-refractivity contribution < 1.29 is 41.6 Å². The molecule has 2 aromatic carbocycles. The summed E-state index contributed by atoms with van der Waals surface area (Å²) in [5.41, 5.74) is 5.19. The van der Waals surface area contributed by atoms with Crippen LogP contribution in [0, 0.1) is 0 Å². The fraction of sp³-hybridized carbons (Fsp3) is 0.562. The van der Waals surface area contributed by atoms with Crippen LogP contribution in [-0.4, -0.2) is 86.8 Å². The highest BCUT2D eigenvalue weighted by Crippen LogP contribution is 2.37. The molecule has 14 heteroatoms. The fourth-order valence-corrected chi connectivity index (χ4v) is 9.71. The van der Waals surface area contributed by atoms with Crippen LogP contribution in [0.25, 0.3) is 0 Å². The van der Waals surface area contributed by atoms with Gasteiger partial charge in [0.05, 0.1) is 9.79 Å². The van der Waals surface area contributed by atoms with Gasteiger partial charge in [-0.05, 0) is 94.1 Å². The van der Waals surface area contributed by atoms with Gasteiger partial charge in [-0.15, -0.1) is 0 Å². The second kappa shape index (κ2) is 16.8. The lowest BCUT2D eigenvalue weighted by Crippen LogP contribution is -2.57. The number of ether oxygens (including phenoxy) is 1. The molecule has 2 saturated heterocycles. The molecular weight excluding hydrogens is 634 g/mol. The zero-order valence-corrected chi connectivity index (χ0v) is 27.8. The summed E-state index contributed by atoms with van der Waals surface area (Å²) in [6.07, 6.45) is 4.08. The number of aryl methyl sites for hydroxylation is 2. The number of carbonyl (C=O) groups excluding carboxylic acids is 2. The lowest BCUT2D eigenvalue weighted by Gasteiger charge is -2.38. The van der Waals surface area contributed by atoms with Gasteiger partial charge < -0.3 is 9.64 Å². The number of hydrogen-bond donors (Lipinski definition) is 4. The molecule has 0 aliphatic carbocycles. The molecule has 2 amide bonds. The maximum absolute atomic E-state index is 13.1. The Labute approximate surface area is 273 Å². The second-order valence-corrected chi connectivity index (χ2v) is 16.1. The van der Waals surface area contributed by atoms with E-state index in [2.05, 4.69) is 6.92 Å². The highest BCUT2D eigenvalue weighted by atomic mass is 32.2. The average Bonchev–Trinajstić information content (AvgIpc) is 3.05. The van der Waals surface area contributed by atoms with Crippen molar-refractivity contribution in [2.24, 2.45) is 0 Å². The van der Waals surface area contributed by atoms with Gasteiger partial charge in [-0.3, -0.25) is 20.0 Å². The van der Waals surface area contributed by atoms with E-state index < -0.39 is 41.0 Å². The Morgan fingerprint density at radius 3 is 1.39 bits per heavy atom. The summed E-state index contributed by atoms with van der Waals surface area (Å²) in [5.74, 6) is -1.74. The highest BCUT2D eigenvalue weighted by Gasteiger charge is 2.53. The number of hydrogen-bond acceptors (Lipinski definition) is 10. The Bertz CT molecular complexity index is 1500. The van der Waals surface area contributed by atoms with Crippen LogP contribution in [0.15, 0.2) is 58.3 Å². The first kappa shape index (κ1) is 39.3. The van der Waals surface area contributed by atoms with Crippen molar-refractivity contribution in [3.8, 4) is 0 Å². The third-order valence-corrected chi connectivity index (χ3v) is 13.7. The zero-order chi connectivity index (χ0) is 33.3. The average molecular weight is 684 g/mol. The molecule has 0 bridgehead atoms. The summed E-state index contributed by atoms with van der Waals surface area (Å²) in [6, 6.07) is 13.3. The number of hydroxylamine groups is 2. The van der Waals surface area contributed by atoms with E-state index in [1.165, 1.54) is 17.6 Å². The van der Waals surface area contributed by atoms with Crippen LogP contribution in [0.1, 0.15) is 70.9 Å². The van der Waals surface area contributed by atoms with Crippen molar-refractivity contribution in [1.82, 2.24) is 15.9 Å². The number of likely N-dealkylation sites (tertiary alicyclic amines) is 1. The van der Waals surface area contributed by atoms with Gasteiger partial charge in [0.2, 0.25) is 0 Å². The standard InChI is InChI=1S/C16H24N2O4S.C15H21NO5S.CH4/c1-3-4-13-5-7-14(8-6-13)23(21,22)16(15(19)17-20)9-11-18(2)12-10-16;1-2-3-12-4-6-13(7-5-12)22(19,20)15(14(17)16-18)8-10-21-11-9-15;/h5-8,20H,3-4,9-12H2,1-2H3,(H,17,19);4-7,18H,2-3,8-11H2,1H3,(H,16,17);1H4. The molecular formula is C32H49N3O9S2. The maximum atomic E-state index is 13.1. The van der Waals surface area contributed by atoms with Crippen LogP contribution in [0.5, 0.6) is 0 Å². The van der Waals surface area contributed by atoms with Crippen molar-refractivity contribution >= 4 is 31.5 Å². The van der Waals surface area contributed by atoms with Gasteiger partial charge in [-0.2, -0.15) is 0 Å². The maximum Gasteiger partial charge on any atom is 0.265 e. The lowest BCUT2D eigenvalue weighted by atomic mass is 9.95. The van der Waals surface area contributed by atoms with E-state index in [-0.39, 0.29) is 56.1 Å². The summed E-state index contributed by atoms with van der Waals surface area (Å²) < 4.78 is 54.0. The van der Waals surface area contributed by atoms with Gasteiger partial charge in [0.1, 0.15) is 0 Å². The molecule has 258 valence electrons. The first-order chi connectivity index (χ1) is 21.3. The lowest BCUT2D eigenvalue weighted by molar-refractivity contribution is -0.134. The van der Waals surface area contributed by atoms with Crippen LogP contribution < -0.4 is 11.0 Å². The molecule has 0 radical (unpaired) electrons. The number of amides is 2. The van der Waals surface area contributed by atoms with E-state index >= 15 is 0 Å². The van der Waals surface area contributed by atoms with Crippen molar-refractivity contribution in [3.05, 3.63) is 59.7 Å². The Morgan fingerprint density at radius 1 is 0.717 bits per heavy atom. The van der Waals surface area contributed by atoms with Gasteiger partial charge in [0, 0.05) is 13.2 Å². The first-order valence-corrected chi connectivity index (χ1v) is 18.1. The number of carbonyl (C=O) groups is 2. The fourth-order valence-electron chi connectivity index (χ4n) is 5.82. The molecule has 2 aliphatic rings. The summed E-state index contributed by atoms with van der Waals surface area (Å²) >= 11 is 0. The van der Waals surface area contributed by atoms with Gasteiger partial charge in [0.25, 0.3) is 11.8 Å². The predicted octanol–water partition coefficient (Wildman–Crippen LogP) is 3.49. The molecule has 2 heterocycles. The molecule has 4 rings (SSSR count). The number of nitrogens with one attached hydrogen (secondary N) is 2. The molecule has 2 aliphatic heterocycles. The molecule has 0 unspecified atom stereocenters. The van der Waals surface area contributed by atoms with Gasteiger partial charge in [-0.25, -0.2) is 27.8 Å². The predicted molar refractivity (Wildman–Crippen MR) is 174 cm³/mol. The molecule has 2 aromatic rings. The van der Waals surface area contributed by atoms with Crippen LogP contribution >= 0.6 is 0 Å². The zero-order valence-electron chi connectivity index (χ0n) is 26.1. The topological polar surface area (TPSA) is 179 Å². The Hall–Kier alpha value is -2.88. The summed E-state index contributed by atoms with van der Waals surface area (Å²) in [6.45, 7) is 5.42. The Kier molecular flexibility index (Phi) is 14.3. The number of benzene rings is 2. The van der Waals surface area contributed by atoms with E-state index in [0.29, 0.717) is 13.1 Å². The van der Waals surface area contributed by atoms with E-state index in [1.54, 1.807) is 41.9 Å². The van der Waals surface area contributed by atoms with Crippen LogP contribution in [0.3, 0.4) is 0 Å². The molecule has 2 fully saturated rings. The van der Waals surface area contributed by atoms with E-state index in [4.69, 9.17) is 15.2 Å². The second-order valence-electron chi connectivity index (χ2n) is 11.6. The summed E-state index contributed by atoms with van der Waals surface area (Å²) in [7, 11) is -5.93. The molecule has 0 saturated carbocycles. The largest absolute Gasteiger partial charge is 0.381 e. The van der Waals surface area contributed by atoms with Gasteiger partial charge in [0.15, 0.2) is 29.2 Å².